The highest BCUT2D eigenvalue weighted by atomic mass is 32.1. The van der Waals surface area contributed by atoms with Crippen LogP contribution in [0.2, 0.25) is 0 Å². The third-order valence-electron chi connectivity index (χ3n) is 20.8. The first kappa shape index (κ1) is 64.3. The zero-order valence-electron chi connectivity index (χ0n) is 53.6. The van der Waals surface area contributed by atoms with E-state index in [0.717, 1.165) is 145 Å². The molecule has 456 valence electrons. The van der Waals surface area contributed by atoms with Crippen LogP contribution in [0, 0.1) is 60.2 Å². The largest absolute Gasteiger partial charge is 0.458 e. The third kappa shape index (κ3) is 15.9. The molecule has 3 saturated carbocycles. The van der Waals surface area contributed by atoms with Crippen molar-refractivity contribution in [1.82, 2.24) is 0 Å². The van der Waals surface area contributed by atoms with Crippen molar-refractivity contribution in [2.75, 3.05) is 0 Å². The fourth-order valence-corrected chi connectivity index (χ4v) is 14.4. The average molecular weight is 1180 g/mol. The normalized spacial score (nSPS) is 21.7. The Balaban J connectivity index is 0.000000154. The van der Waals surface area contributed by atoms with Gasteiger partial charge in [-0.1, -0.05) is 157 Å². The minimum absolute atomic E-state index is 0.0151. The molecule has 0 N–H and O–H groups in total. The summed E-state index contributed by atoms with van der Waals surface area (Å²) in [5, 5.41) is 12.0. The van der Waals surface area contributed by atoms with Gasteiger partial charge in [0.05, 0.1) is 17.8 Å². The monoisotopic (exact) mass is 1170 g/mol. The molecular formula is C79H98O6S. The van der Waals surface area contributed by atoms with Crippen LogP contribution in [0.5, 0.6) is 0 Å². The molecule has 0 radical (unpaired) electrons. The van der Waals surface area contributed by atoms with E-state index in [1.807, 2.05) is 33.8 Å². The highest BCUT2D eigenvalue weighted by molar-refractivity contribution is 7.80. The first-order valence-electron chi connectivity index (χ1n) is 33.0. The van der Waals surface area contributed by atoms with Crippen LogP contribution < -0.4 is 0 Å². The minimum Gasteiger partial charge on any atom is -0.458 e. The lowest BCUT2D eigenvalue weighted by Gasteiger charge is -2.33. The molecule has 0 spiro atoms. The Kier molecular flexibility index (Phi) is 21.8. The quantitative estimate of drug-likeness (QED) is 0.0477. The molecule has 8 aromatic carbocycles. The summed E-state index contributed by atoms with van der Waals surface area (Å²) in [6.07, 6.45) is 15.9. The standard InChI is InChI=1S/C27H32O2S.C27H32O2.C25H34O2/c1-4-17(2)19-9-11-20(12-10-19)27(28)29-18(3)23-14-24-13-21-7-5-6-8-22(21)15-25(24)26(30)16-23;1-4-18(2)20-9-11-21(12-10-20)27(28)29-19(3)22-13-14-25-16-23-7-5-6-8-24(23)17-26(25)15-22;1-6-18(3)19-9-11-20(12-10-19)24(26)27-25(4,5)23-14-13-21-15-17(2)7-8-22(21)16-23/h5-8,13-20,30H,4,9-12H2,1-3H3;5-8,13-21H,4,9-12H2,1-3H3;7-8,13-16,18-20H,6,9-12H2,1-5H3. The number of thiol groups is 1. The zero-order chi connectivity index (χ0) is 61.2. The Bertz CT molecular complexity index is 3590. The molecule has 3 aliphatic carbocycles. The molecular weight excluding hydrogens is 1080 g/mol. The molecule has 6 nitrogen and oxygen atoms in total. The SMILES string of the molecule is CCC(C)C1CCC(C(=O)OC(C)(C)c2ccc3cc(C)ccc3c2)CC1.CCC(C)C1CCC(C(=O)OC(C)c2cc(S)c3cc4ccccc4cc3c2)CC1.CCC(C)C1CCC(C(=O)OC(C)c2ccc3cc4ccccc4cc3c2)CC1. The van der Waals surface area contributed by atoms with Crippen molar-refractivity contribution in [3.05, 3.63) is 162 Å². The fraction of sp³-hybridized carbons (Fsp3) is 0.481. The van der Waals surface area contributed by atoms with Gasteiger partial charge in [-0.3, -0.25) is 14.4 Å². The van der Waals surface area contributed by atoms with Crippen LogP contribution in [0.15, 0.2) is 144 Å². The summed E-state index contributed by atoms with van der Waals surface area (Å²) in [6.45, 7) is 23.9. The Morgan fingerprint density at radius 2 is 0.814 bits per heavy atom. The topological polar surface area (TPSA) is 78.9 Å². The Labute approximate surface area is 520 Å². The maximum absolute atomic E-state index is 12.8. The van der Waals surface area contributed by atoms with E-state index in [2.05, 4.69) is 182 Å². The summed E-state index contributed by atoms with van der Waals surface area (Å²) in [5.74, 6) is 4.70. The van der Waals surface area contributed by atoms with Crippen LogP contribution in [-0.4, -0.2) is 17.9 Å². The number of carbonyl (C=O) groups excluding carboxylic acids is 3. The number of fused-ring (bicyclic) bond motifs is 5. The number of ether oxygens (including phenoxy) is 3. The van der Waals surface area contributed by atoms with Crippen molar-refractivity contribution in [2.24, 2.45) is 53.3 Å². The Morgan fingerprint density at radius 3 is 1.31 bits per heavy atom. The highest BCUT2D eigenvalue weighted by Crippen LogP contribution is 2.41. The van der Waals surface area contributed by atoms with Crippen LogP contribution >= 0.6 is 12.6 Å². The second-order valence-corrected chi connectivity index (χ2v) is 27.4. The predicted molar refractivity (Wildman–Crippen MR) is 362 cm³/mol. The molecule has 8 aromatic rings. The number of aryl methyl sites for hydroxylation is 1. The van der Waals surface area contributed by atoms with Gasteiger partial charge in [-0.05, 0) is 266 Å². The van der Waals surface area contributed by atoms with Gasteiger partial charge in [-0.2, -0.15) is 0 Å². The summed E-state index contributed by atoms with van der Waals surface area (Å²) in [6, 6.07) is 49.0. The average Bonchev–Trinajstić information content (AvgIpc) is 2.64. The summed E-state index contributed by atoms with van der Waals surface area (Å²) in [7, 11) is 0. The lowest BCUT2D eigenvalue weighted by atomic mass is 9.75. The van der Waals surface area contributed by atoms with E-state index in [0.29, 0.717) is 0 Å². The number of benzene rings is 8. The molecule has 11 rings (SSSR count). The smallest absolute Gasteiger partial charge is 0.309 e. The van der Waals surface area contributed by atoms with Crippen LogP contribution in [-0.2, 0) is 34.2 Å². The maximum atomic E-state index is 12.8. The molecule has 7 heteroatoms. The first-order valence-corrected chi connectivity index (χ1v) is 33.5. The number of rotatable bonds is 15. The second-order valence-electron chi connectivity index (χ2n) is 26.9. The van der Waals surface area contributed by atoms with Gasteiger partial charge >= 0.3 is 17.9 Å². The molecule has 3 fully saturated rings. The summed E-state index contributed by atoms with van der Waals surface area (Å²) < 4.78 is 17.8. The van der Waals surface area contributed by atoms with Crippen LogP contribution in [0.4, 0.5) is 0 Å². The van der Waals surface area contributed by atoms with Gasteiger partial charge in [-0.25, -0.2) is 0 Å². The number of esters is 3. The second kappa shape index (κ2) is 29.2. The van der Waals surface area contributed by atoms with Gasteiger partial charge in [0.2, 0.25) is 0 Å². The van der Waals surface area contributed by atoms with Crippen LogP contribution in [0.25, 0.3) is 53.9 Å². The minimum atomic E-state index is -0.607. The summed E-state index contributed by atoms with van der Waals surface area (Å²) >= 11 is 4.73. The van der Waals surface area contributed by atoms with Crippen molar-refractivity contribution < 1.29 is 28.6 Å². The van der Waals surface area contributed by atoms with E-state index >= 15 is 0 Å². The molecule has 0 heterocycles. The third-order valence-corrected chi connectivity index (χ3v) is 21.2. The summed E-state index contributed by atoms with van der Waals surface area (Å²) in [5.41, 5.74) is 3.78. The van der Waals surface area contributed by atoms with Crippen LogP contribution in [0.3, 0.4) is 0 Å². The van der Waals surface area contributed by atoms with Crippen molar-refractivity contribution in [3.63, 3.8) is 0 Å². The van der Waals surface area contributed by atoms with Gasteiger partial charge in [0, 0.05) is 4.90 Å². The molecule has 0 aromatic heterocycles. The molecule has 0 aliphatic heterocycles. The van der Waals surface area contributed by atoms with E-state index in [1.165, 1.54) is 67.9 Å². The Morgan fingerprint density at radius 1 is 0.430 bits per heavy atom. The van der Waals surface area contributed by atoms with Gasteiger partial charge in [0.1, 0.15) is 17.8 Å². The summed E-state index contributed by atoms with van der Waals surface area (Å²) in [4.78, 5) is 39.3. The number of carbonyl (C=O) groups is 3. The molecule has 0 amide bonds. The molecule has 0 bridgehead atoms. The molecule has 86 heavy (non-hydrogen) atoms. The van der Waals surface area contributed by atoms with Crippen molar-refractivity contribution in [1.29, 1.82) is 0 Å². The lowest BCUT2D eigenvalue weighted by molar-refractivity contribution is -0.164. The predicted octanol–water partition coefficient (Wildman–Crippen LogP) is 22.0. The van der Waals surface area contributed by atoms with Gasteiger partial charge in [-0.15, -0.1) is 12.6 Å². The van der Waals surface area contributed by atoms with E-state index < -0.39 is 5.60 Å². The zero-order valence-corrected chi connectivity index (χ0v) is 54.5. The number of hydrogen-bond donors (Lipinski definition) is 1. The van der Waals surface area contributed by atoms with E-state index in [4.69, 9.17) is 26.8 Å². The lowest BCUT2D eigenvalue weighted by Crippen LogP contribution is -2.32. The fourth-order valence-electron chi connectivity index (χ4n) is 14.1. The molecule has 0 saturated heterocycles. The van der Waals surface area contributed by atoms with Gasteiger partial charge in [0.15, 0.2) is 0 Å². The van der Waals surface area contributed by atoms with E-state index in [1.54, 1.807) is 0 Å². The van der Waals surface area contributed by atoms with Crippen LogP contribution in [0.1, 0.15) is 200 Å². The maximum Gasteiger partial charge on any atom is 0.309 e. The molecule has 3 aliphatic rings. The van der Waals surface area contributed by atoms with Crippen molar-refractivity contribution in [2.45, 2.75) is 195 Å². The highest BCUT2D eigenvalue weighted by Gasteiger charge is 2.35. The molecule has 5 unspecified atom stereocenters. The number of hydrogen-bond acceptors (Lipinski definition) is 7. The van der Waals surface area contributed by atoms with E-state index in [9.17, 15) is 14.4 Å². The van der Waals surface area contributed by atoms with Crippen molar-refractivity contribution in [3.8, 4) is 0 Å². The molecule has 5 atom stereocenters. The van der Waals surface area contributed by atoms with Gasteiger partial charge < -0.3 is 14.2 Å². The first-order chi connectivity index (χ1) is 41.3. The van der Waals surface area contributed by atoms with Crippen molar-refractivity contribution >= 4 is 84.4 Å². The van der Waals surface area contributed by atoms with Gasteiger partial charge in [0.25, 0.3) is 0 Å². The van der Waals surface area contributed by atoms with E-state index in [-0.39, 0.29) is 47.9 Å². The Hall–Kier alpha value is -6.18.